The Morgan fingerprint density at radius 3 is 2.57 bits per heavy atom. The van der Waals surface area contributed by atoms with Crippen molar-refractivity contribution < 1.29 is 9.32 Å². The third kappa shape index (κ3) is 4.29. The second kappa shape index (κ2) is 7.57. The molecule has 1 heterocycles. The third-order valence-electron chi connectivity index (χ3n) is 4.30. The monoisotopic (exact) mass is 293 g/mol. The Morgan fingerprint density at radius 2 is 1.95 bits per heavy atom. The largest absolute Gasteiger partial charge is 0.343 e. The maximum atomic E-state index is 12.2. The molecule has 1 aliphatic carbocycles. The second-order valence-corrected chi connectivity index (χ2v) is 6.14. The fourth-order valence-electron chi connectivity index (χ4n) is 3.10. The van der Waals surface area contributed by atoms with Crippen LogP contribution < -0.4 is 5.32 Å². The summed E-state index contributed by atoms with van der Waals surface area (Å²) < 4.78 is 5.10. The van der Waals surface area contributed by atoms with E-state index in [-0.39, 0.29) is 5.91 Å². The smallest absolute Gasteiger partial charge is 0.223 e. The zero-order valence-electron chi connectivity index (χ0n) is 13.3. The van der Waals surface area contributed by atoms with Gasteiger partial charge in [0.15, 0.2) is 5.82 Å². The van der Waals surface area contributed by atoms with Gasteiger partial charge in [0.25, 0.3) is 0 Å². The number of hydrogen-bond acceptors (Lipinski definition) is 4. The maximum Gasteiger partial charge on any atom is 0.223 e. The standard InChI is InChI=1S/C16H27N3O2/c1-3-4-5-6-7-10-14(20)18-16(11-8-9-12-16)15-17-13(2)21-19-15/h3-12H2,1-2H3,(H,18,20). The van der Waals surface area contributed by atoms with Gasteiger partial charge in [-0.15, -0.1) is 0 Å². The Bertz CT molecular complexity index is 450. The lowest BCUT2D eigenvalue weighted by atomic mass is 9.96. The number of aromatic nitrogens is 2. The highest BCUT2D eigenvalue weighted by Gasteiger charge is 2.40. The summed E-state index contributed by atoms with van der Waals surface area (Å²) in [5.74, 6) is 1.33. The number of hydrogen-bond donors (Lipinski definition) is 1. The molecule has 118 valence electrons. The van der Waals surface area contributed by atoms with Crippen LogP contribution in [0.25, 0.3) is 0 Å². The van der Waals surface area contributed by atoms with E-state index in [0.717, 1.165) is 38.5 Å². The van der Waals surface area contributed by atoms with Crippen LogP contribution in [0.2, 0.25) is 0 Å². The van der Waals surface area contributed by atoms with E-state index in [2.05, 4.69) is 22.4 Å². The van der Waals surface area contributed by atoms with Crippen LogP contribution in [0, 0.1) is 6.92 Å². The number of nitrogens with zero attached hydrogens (tertiary/aromatic N) is 2. The number of unbranched alkanes of at least 4 members (excludes halogenated alkanes) is 4. The van der Waals surface area contributed by atoms with Crippen LogP contribution >= 0.6 is 0 Å². The summed E-state index contributed by atoms with van der Waals surface area (Å²) in [5, 5.41) is 7.23. The Balaban J connectivity index is 1.87. The van der Waals surface area contributed by atoms with Crippen LogP contribution in [-0.2, 0) is 10.3 Å². The van der Waals surface area contributed by atoms with E-state index in [1.165, 1.54) is 19.3 Å². The topological polar surface area (TPSA) is 68.0 Å². The van der Waals surface area contributed by atoms with Crippen molar-refractivity contribution in [2.24, 2.45) is 0 Å². The van der Waals surface area contributed by atoms with Crippen molar-refractivity contribution in [3.63, 3.8) is 0 Å². The first-order chi connectivity index (χ1) is 10.2. The summed E-state index contributed by atoms with van der Waals surface area (Å²) in [6, 6.07) is 0. The molecule has 0 bridgehead atoms. The second-order valence-electron chi connectivity index (χ2n) is 6.14. The zero-order valence-corrected chi connectivity index (χ0v) is 13.3. The SMILES string of the molecule is CCCCCCCC(=O)NC1(c2noc(C)n2)CCCC1. The molecule has 1 aromatic rings. The lowest BCUT2D eigenvalue weighted by molar-refractivity contribution is -0.123. The quantitative estimate of drug-likeness (QED) is 0.743. The number of amides is 1. The van der Waals surface area contributed by atoms with E-state index in [1.54, 1.807) is 6.92 Å². The normalized spacial score (nSPS) is 17.0. The van der Waals surface area contributed by atoms with Gasteiger partial charge in [0.1, 0.15) is 5.54 Å². The minimum Gasteiger partial charge on any atom is -0.343 e. The van der Waals surface area contributed by atoms with Crippen LogP contribution in [0.5, 0.6) is 0 Å². The van der Waals surface area contributed by atoms with Gasteiger partial charge in [-0.1, -0.05) is 50.6 Å². The average molecular weight is 293 g/mol. The van der Waals surface area contributed by atoms with Crippen LogP contribution in [0.4, 0.5) is 0 Å². The molecule has 0 spiro atoms. The molecule has 0 atom stereocenters. The molecule has 1 aliphatic rings. The van der Waals surface area contributed by atoms with E-state index < -0.39 is 5.54 Å². The Kier molecular flexibility index (Phi) is 5.76. The predicted molar refractivity (Wildman–Crippen MR) is 80.7 cm³/mol. The fraction of sp³-hybridized carbons (Fsp3) is 0.812. The lowest BCUT2D eigenvalue weighted by Gasteiger charge is -2.26. The van der Waals surface area contributed by atoms with Crippen molar-refractivity contribution in [1.82, 2.24) is 15.5 Å². The molecule has 1 fully saturated rings. The molecule has 1 amide bonds. The molecular weight excluding hydrogens is 266 g/mol. The molecule has 0 aliphatic heterocycles. The third-order valence-corrected chi connectivity index (χ3v) is 4.30. The molecule has 0 saturated heterocycles. The highest BCUT2D eigenvalue weighted by molar-refractivity contribution is 5.76. The Labute approximate surface area is 126 Å². The first-order valence-corrected chi connectivity index (χ1v) is 8.28. The number of carbonyl (C=O) groups excluding carboxylic acids is 1. The Hall–Kier alpha value is -1.39. The first kappa shape index (κ1) is 16.0. The maximum absolute atomic E-state index is 12.2. The van der Waals surface area contributed by atoms with Crippen LogP contribution in [-0.4, -0.2) is 16.0 Å². The van der Waals surface area contributed by atoms with Gasteiger partial charge in [0.2, 0.25) is 11.8 Å². The molecule has 1 saturated carbocycles. The number of nitrogens with one attached hydrogen (secondary N) is 1. The van der Waals surface area contributed by atoms with Gasteiger partial charge in [-0.2, -0.15) is 4.98 Å². The van der Waals surface area contributed by atoms with Gasteiger partial charge >= 0.3 is 0 Å². The van der Waals surface area contributed by atoms with Gasteiger partial charge in [-0.3, -0.25) is 4.79 Å². The molecular formula is C16H27N3O2. The summed E-state index contributed by atoms with van der Waals surface area (Å²) in [7, 11) is 0. The minimum atomic E-state index is -0.391. The van der Waals surface area contributed by atoms with Gasteiger partial charge in [-0.25, -0.2) is 0 Å². The van der Waals surface area contributed by atoms with Crippen molar-refractivity contribution in [3.05, 3.63) is 11.7 Å². The summed E-state index contributed by atoms with van der Waals surface area (Å²) in [6.07, 6.45) is 10.4. The van der Waals surface area contributed by atoms with E-state index in [1.807, 2.05) is 0 Å². The predicted octanol–water partition coefficient (Wildman–Crippen LogP) is 3.62. The molecule has 21 heavy (non-hydrogen) atoms. The van der Waals surface area contributed by atoms with Crippen molar-refractivity contribution in [2.45, 2.75) is 83.6 Å². The van der Waals surface area contributed by atoms with Crippen LogP contribution in [0.3, 0.4) is 0 Å². The number of carbonyl (C=O) groups is 1. The minimum absolute atomic E-state index is 0.121. The lowest BCUT2D eigenvalue weighted by Crippen LogP contribution is -2.44. The Morgan fingerprint density at radius 1 is 1.24 bits per heavy atom. The zero-order chi connectivity index (χ0) is 15.1. The summed E-state index contributed by atoms with van der Waals surface area (Å²) in [6.45, 7) is 3.98. The van der Waals surface area contributed by atoms with Gasteiger partial charge in [0.05, 0.1) is 0 Å². The van der Waals surface area contributed by atoms with Gasteiger partial charge in [-0.05, 0) is 19.3 Å². The van der Waals surface area contributed by atoms with Crippen molar-refractivity contribution >= 4 is 5.91 Å². The van der Waals surface area contributed by atoms with Gasteiger partial charge in [0, 0.05) is 13.3 Å². The van der Waals surface area contributed by atoms with Gasteiger partial charge < -0.3 is 9.84 Å². The highest BCUT2D eigenvalue weighted by atomic mass is 16.5. The molecule has 5 nitrogen and oxygen atoms in total. The fourth-order valence-corrected chi connectivity index (χ4v) is 3.10. The van der Waals surface area contributed by atoms with E-state index in [0.29, 0.717) is 18.1 Å². The summed E-state index contributed by atoms with van der Waals surface area (Å²) in [4.78, 5) is 16.6. The van der Waals surface area contributed by atoms with Crippen molar-refractivity contribution in [2.75, 3.05) is 0 Å². The molecule has 0 unspecified atom stereocenters. The molecule has 0 aromatic carbocycles. The molecule has 5 heteroatoms. The summed E-state index contributed by atoms with van der Waals surface area (Å²) in [5.41, 5.74) is -0.391. The first-order valence-electron chi connectivity index (χ1n) is 8.28. The van der Waals surface area contributed by atoms with Crippen LogP contribution in [0.1, 0.15) is 82.8 Å². The molecule has 1 aromatic heterocycles. The average Bonchev–Trinajstić information content (AvgIpc) is 3.08. The van der Waals surface area contributed by atoms with Crippen molar-refractivity contribution in [3.8, 4) is 0 Å². The molecule has 0 radical (unpaired) electrons. The number of aryl methyl sites for hydroxylation is 1. The molecule has 2 rings (SSSR count). The van der Waals surface area contributed by atoms with E-state index in [9.17, 15) is 4.79 Å². The summed E-state index contributed by atoms with van der Waals surface area (Å²) >= 11 is 0. The van der Waals surface area contributed by atoms with E-state index in [4.69, 9.17) is 4.52 Å². The van der Waals surface area contributed by atoms with Crippen molar-refractivity contribution in [1.29, 1.82) is 0 Å². The molecule has 1 N–H and O–H groups in total. The highest BCUT2D eigenvalue weighted by Crippen LogP contribution is 2.37. The van der Waals surface area contributed by atoms with E-state index >= 15 is 0 Å². The number of rotatable bonds is 8. The van der Waals surface area contributed by atoms with Crippen LogP contribution in [0.15, 0.2) is 4.52 Å².